The molecule has 2 aliphatic rings. The molecular formula is C18H17N3O4S. The second kappa shape index (κ2) is 6.64. The predicted octanol–water partition coefficient (Wildman–Crippen LogP) is 1.78. The number of hydrogen-bond acceptors (Lipinski definition) is 5. The smallest absolute Gasteiger partial charge is 0.275 e. The number of nitrogens with zero attached hydrogens (tertiary/aromatic N) is 2. The molecule has 7 nitrogen and oxygen atoms in total. The summed E-state index contributed by atoms with van der Waals surface area (Å²) in [5.41, 5.74) is 2.31. The van der Waals surface area contributed by atoms with E-state index in [4.69, 9.17) is 4.74 Å². The number of anilines is 1. The first-order valence-corrected chi connectivity index (χ1v) is 9.67. The Hall–Kier alpha value is -2.55. The van der Waals surface area contributed by atoms with Crippen LogP contribution < -0.4 is 5.32 Å². The minimum Gasteiger partial charge on any atom is -0.379 e. The number of carbonyl (C=O) groups is 1. The van der Waals surface area contributed by atoms with Crippen molar-refractivity contribution in [3.05, 3.63) is 54.1 Å². The number of morpholine rings is 1. The molecule has 2 heterocycles. The molecule has 0 spiro atoms. The summed E-state index contributed by atoms with van der Waals surface area (Å²) in [5, 5.41) is 2.76. The van der Waals surface area contributed by atoms with Crippen molar-refractivity contribution in [3.63, 3.8) is 0 Å². The number of fused-ring (bicyclic) bond motifs is 1. The van der Waals surface area contributed by atoms with Gasteiger partial charge in [-0.2, -0.15) is 4.31 Å². The molecule has 0 radical (unpaired) electrons. The van der Waals surface area contributed by atoms with Gasteiger partial charge in [-0.25, -0.2) is 13.4 Å². The van der Waals surface area contributed by atoms with E-state index in [9.17, 15) is 13.2 Å². The van der Waals surface area contributed by atoms with Crippen LogP contribution in [0.3, 0.4) is 0 Å². The van der Waals surface area contributed by atoms with Crippen LogP contribution in [0.15, 0.2) is 58.4 Å². The zero-order chi connectivity index (χ0) is 18.1. The molecular weight excluding hydrogens is 354 g/mol. The minimum atomic E-state index is -3.54. The standard InChI is InChI=1S/C18H17N3O4S/c22-18-17(15-3-1-2-4-16(15)20-18)19-13-5-7-14(8-6-13)26(23,24)21-9-11-25-12-10-21/h1-8H,9-12H2,(H,19,20,22). The Morgan fingerprint density at radius 2 is 1.69 bits per heavy atom. The van der Waals surface area contributed by atoms with E-state index in [-0.39, 0.29) is 10.8 Å². The fourth-order valence-corrected chi connectivity index (χ4v) is 4.38. The number of para-hydroxylation sites is 1. The Labute approximate surface area is 151 Å². The number of sulfonamides is 1. The van der Waals surface area contributed by atoms with Crippen molar-refractivity contribution < 1.29 is 17.9 Å². The largest absolute Gasteiger partial charge is 0.379 e. The molecule has 0 saturated carbocycles. The van der Waals surface area contributed by atoms with Crippen LogP contribution in [0.4, 0.5) is 11.4 Å². The van der Waals surface area contributed by atoms with Crippen LogP contribution in [0, 0.1) is 0 Å². The molecule has 1 saturated heterocycles. The number of amides is 1. The SMILES string of the molecule is O=C1Nc2ccccc2C1=Nc1ccc(S(=O)(=O)N2CCOCC2)cc1. The summed E-state index contributed by atoms with van der Waals surface area (Å²) in [5.74, 6) is -0.267. The maximum absolute atomic E-state index is 12.6. The van der Waals surface area contributed by atoms with Gasteiger partial charge in [0, 0.05) is 18.7 Å². The number of rotatable bonds is 3. The highest BCUT2D eigenvalue weighted by molar-refractivity contribution is 7.89. The van der Waals surface area contributed by atoms with Gasteiger partial charge in [0.1, 0.15) is 5.71 Å². The van der Waals surface area contributed by atoms with Crippen LogP contribution in [0.5, 0.6) is 0 Å². The second-order valence-electron chi connectivity index (χ2n) is 5.97. The van der Waals surface area contributed by atoms with Crippen molar-refractivity contribution >= 4 is 33.0 Å². The monoisotopic (exact) mass is 371 g/mol. The lowest BCUT2D eigenvalue weighted by atomic mass is 10.1. The number of hydrogen-bond donors (Lipinski definition) is 1. The number of carbonyl (C=O) groups excluding carboxylic acids is 1. The maximum atomic E-state index is 12.6. The van der Waals surface area contributed by atoms with Crippen molar-refractivity contribution in [1.82, 2.24) is 4.31 Å². The number of benzene rings is 2. The van der Waals surface area contributed by atoms with Crippen molar-refractivity contribution in [2.75, 3.05) is 31.6 Å². The summed E-state index contributed by atoms with van der Waals surface area (Å²) >= 11 is 0. The first-order chi connectivity index (χ1) is 12.6. The Morgan fingerprint density at radius 3 is 2.42 bits per heavy atom. The van der Waals surface area contributed by atoms with Gasteiger partial charge in [-0.1, -0.05) is 18.2 Å². The Morgan fingerprint density at radius 1 is 1.00 bits per heavy atom. The maximum Gasteiger partial charge on any atom is 0.275 e. The summed E-state index contributed by atoms with van der Waals surface area (Å²) in [6, 6.07) is 13.6. The Balaban J connectivity index is 1.62. The van der Waals surface area contributed by atoms with E-state index < -0.39 is 10.0 Å². The van der Waals surface area contributed by atoms with Crippen molar-refractivity contribution in [3.8, 4) is 0 Å². The van der Waals surface area contributed by atoms with Gasteiger partial charge in [0.15, 0.2) is 0 Å². The molecule has 2 aliphatic heterocycles. The normalized spacial score (nSPS) is 19.4. The second-order valence-corrected chi connectivity index (χ2v) is 7.91. The third-order valence-corrected chi connectivity index (χ3v) is 6.24. The molecule has 0 aliphatic carbocycles. The van der Waals surface area contributed by atoms with Gasteiger partial charge < -0.3 is 10.1 Å². The van der Waals surface area contributed by atoms with Crippen LogP contribution in [0.1, 0.15) is 5.56 Å². The zero-order valence-electron chi connectivity index (χ0n) is 13.9. The third kappa shape index (κ3) is 3.03. The lowest BCUT2D eigenvalue weighted by Crippen LogP contribution is -2.40. The van der Waals surface area contributed by atoms with E-state index in [0.717, 1.165) is 11.3 Å². The van der Waals surface area contributed by atoms with Gasteiger partial charge >= 0.3 is 0 Å². The van der Waals surface area contributed by atoms with Crippen molar-refractivity contribution in [2.45, 2.75) is 4.90 Å². The Kier molecular flexibility index (Phi) is 4.31. The van der Waals surface area contributed by atoms with E-state index >= 15 is 0 Å². The molecule has 2 aromatic rings. The zero-order valence-corrected chi connectivity index (χ0v) is 14.7. The summed E-state index contributed by atoms with van der Waals surface area (Å²) in [6.07, 6.45) is 0. The molecule has 134 valence electrons. The molecule has 1 fully saturated rings. The van der Waals surface area contributed by atoms with E-state index in [2.05, 4.69) is 10.3 Å². The molecule has 2 aromatic carbocycles. The molecule has 0 bridgehead atoms. The highest BCUT2D eigenvalue weighted by Gasteiger charge is 2.27. The number of ether oxygens (including phenoxy) is 1. The number of aliphatic imine (C=N–C) groups is 1. The van der Waals surface area contributed by atoms with E-state index in [0.29, 0.717) is 37.7 Å². The summed E-state index contributed by atoms with van der Waals surface area (Å²) in [6.45, 7) is 1.51. The van der Waals surface area contributed by atoms with Crippen molar-refractivity contribution in [2.24, 2.45) is 4.99 Å². The lowest BCUT2D eigenvalue weighted by Gasteiger charge is -2.26. The quantitative estimate of drug-likeness (QED) is 0.891. The van der Waals surface area contributed by atoms with Crippen LogP contribution in [0.2, 0.25) is 0 Å². The average Bonchev–Trinajstić information content (AvgIpc) is 2.98. The van der Waals surface area contributed by atoms with E-state index in [1.165, 1.54) is 16.4 Å². The van der Waals surface area contributed by atoms with Gasteiger partial charge in [0.25, 0.3) is 5.91 Å². The molecule has 4 rings (SSSR count). The van der Waals surface area contributed by atoms with Gasteiger partial charge in [0.2, 0.25) is 10.0 Å². The minimum absolute atomic E-state index is 0.208. The highest BCUT2D eigenvalue weighted by atomic mass is 32.2. The summed E-state index contributed by atoms with van der Waals surface area (Å²) < 4.78 is 31.9. The Bertz CT molecular complexity index is 978. The van der Waals surface area contributed by atoms with E-state index in [1.54, 1.807) is 12.1 Å². The van der Waals surface area contributed by atoms with Gasteiger partial charge in [-0.3, -0.25) is 4.79 Å². The number of nitrogens with one attached hydrogen (secondary N) is 1. The molecule has 0 aromatic heterocycles. The van der Waals surface area contributed by atoms with E-state index in [1.807, 2.05) is 24.3 Å². The summed E-state index contributed by atoms with van der Waals surface area (Å²) in [4.78, 5) is 16.7. The fraction of sp³-hybridized carbons (Fsp3) is 0.222. The fourth-order valence-electron chi connectivity index (χ4n) is 2.97. The van der Waals surface area contributed by atoms with Crippen molar-refractivity contribution in [1.29, 1.82) is 0 Å². The highest BCUT2D eigenvalue weighted by Crippen LogP contribution is 2.26. The lowest BCUT2D eigenvalue weighted by molar-refractivity contribution is -0.110. The average molecular weight is 371 g/mol. The van der Waals surface area contributed by atoms with Crippen LogP contribution in [-0.4, -0.2) is 50.6 Å². The third-order valence-electron chi connectivity index (χ3n) is 4.33. The van der Waals surface area contributed by atoms with Gasteiger partial charge in [0.05, 0.1) is 29.5 Å². The van der Waals surface area contributed by atoms with Crippen LogP contribution >= 0.6 is 0 Å². The first-order valence-electron chi connectivity index (χ1n) is 8.23. The van der Waals surface area contributed by atoms with Gasteiger partial charge in [-0.05, 0) is 30.3 Å². The molecule has 0 unspecified atom stereocenters. The summed E-state index contributed by atoms with van der Waals surface area (Å²) in [7, 11) is -3.54. The predicted molar refractivity (Wildman–Crippen MR) is 97.3 cm³/mol. The van der Waals surface area contributed by atoms with Crippen LogP contribution in [0.25, 0.3) is 0 Å². The molecule has 26 heavy (non-hydrogen) atoms. The molecule has 1 N–H and O–H groups in total. The first kappa shape index (κ1) is 16.9. The molecule has 0 atom stereocenters. The van der Waals surface area contributed by atoms with Crippen LogP contribution in [-0.2, 0) is 19.6 Å². The van der Waals surface area contributed by atoms with Gasteiger partial charge in [-0.15, -0.1) is 0 Å². The molecule has 1 amide bonds. The molecule has 8 heteroatoms. The topological polar surface area (TPSA) is 88.1 Å².